The maximum Gasteiger partial charge on any atom is 0.240 e. The normalized spacial score (nSPS) is 18.7. The summed E-state index contributed by atoms with van der Waals surface area (Å²) in [5.41, 5.74) is 2.38. The zero-order valence-corrected chi connectivity index (χ0v) is 12.6. The molecular formula is C16H22N2O2. The number of rotatable bonds is 3. The summed E-state index contributed by atoms with van der Waals surface area (Å²) in [6.07, 6.45) is 0. The Morgan fingerprint density at radius 2 is 2.00 bits per heavy atom. The maximum absolute atomic E-state index is 12.4. The molecule has 0 aromatic heterocycles. The molecule has 4 nitrogen and oxygen atoms in total. The molecule has 1 N–H and O–H groups in total. The number of benzene rings is 1. The van der Waals surface area contributed by atoms with Crippen LogP contribution in [-0.4, -0.2) is 41.8 Å². The quantitative estimate of drug-likeness (QED) is 0.853. The summed E-state index contributed by atoms with van der Waals surface area (Å²) in [6, 6.07) is 5.76. The fourth-order valence-corrected chi connectivity index (χ4v) is 2.40. The molecule has 0 saturated carbocycles. The van der Waals surface area contributed by atoms with Gasteiger partial charge in [0, 0.05) is 18.7 Å². The van der Waals surface area contributed by atoms with Crippen LogP contribution >= 0.6 is 0 Å². The van der Waals surface area contributed by atoms with Crippen molar-refractivity contribution in [2.75, 3.05) is 19.6 Å². The Morgan fingerprint density at radius 1 is 1.30 bits per heavy atom. The Labute approximate surface area is 120 Å². The monoisotopic (exact) mass is 274 g/mol. The summed E-state index contributed by atoms with van der Waals surface area (Å²) >= 11 is 0. The van der Waals surface area contributed by atoms with Crippen LogP contribution < -0.4 is 5.32 Å². The molecule has 1 amide bonds. The van der Waals surface area contributed by atoms with Gasteiger partial charge in [-0.15, -0.1) is 0 Å². The van der Waals surface area contributed by atoms with E-state index >= 15 is 0 Å². The number of piperazine rings is 1. The van der Waals surface area contributed by atoms with E-state index in [2.05, 4.69) is 5.32 Å². The first-order valence-electron chi connectivity index (χ1n) is 6.96. The van der Waals surface area contributed by atoms with Crippen LogP contribution in [0.1, 0.15) is 35.3 Å². The van der Waals surface area contributed by atoms with Crippen molar-refractivity contribution in [3.05, 3.63) is 34.9 Å². The number of hydrogen-bond donors (Lipinski definition) is 1. The largest absolute Gasteiger partial charge is 0.353 e. The molecule has 0 radical (unpaired) electrons. The first-order chi connectivity index (χ1) is 9.32. The van der Waals surface area contributed by atoms with E-state index in [-0.39, 0.29) is 18.2 Å². The summed E-state index contributed by atoms with van der Waals surface area (Å²) in [5.74, 6) is 0.0486. The minimum absolute atomic E-state index is 0.0170. The number of carbonyl (C=O) groups is 2. The van der Waals surface area contributed by atoms with Crippen molar-refractivity contribution in [3.8, 4) is 0 Å². The van der Waals surface area contributed by atoms with Gasteiger partial charge >= 0.3 is 0 Å². The van der Waals surface area contributed by atoms with Crippen LogP contribution in [0.5, 0.6) is 0 Å². The van der Waals surface area contributed by atoms with E-state index in [9.17, 15) is 9.59 Å². The molecule has 0 atom stereocenters. The summed E-state index contributed by atoms with van der Waals surface area (Å²) in [7, 11) is 0. The SMILES string of the molecule is Cc1ccc(C(=O)CN2CCNC(=O)C2(C)C)cc1C. The predicted molar refractivity (Wildman–Crippen MR) is 78.9 cm³/mol. The lowest BCUT2D eigenvalue weighted by molar-refractivity contribution is -0.134. The van der Waals surface area contributed by atoms with Crippen LogP contribution in [0.25, 0.3) is 0 Å². The molecule has 108 valence electrons. The van der Waals surface area contributed by atoms with Crippen molar-refractivity contribution in [1.29, 1.82) is 0 Å². The molecule has 1 heterocycles. The van der Waals surface area contributed by atoms with Crippen molar-refractivity contribution in [1.82, 2.24) is 10.2 Å². The minimum Gasteiger partial charge on any atom is -0.353 e. The second-order valence-electron chi connectivity index (χ2n) is 5.96. The van der Waals surface area contributed by atoms with E-state index < -0.39 is 5.54 Å². The fourth-order valence-electron chi connectivity index (χ4n) is 2.40. The van der Waals surface area contributed by atoms with E-state index in [1.54, 1.807) is 0 Å². The predicted octanol–water partition coefficient (Wildman–Crippen LogP) is 1.70. The molecule has 0 unspecified atom stereocenters. The molecule has 4 heteroatoms. The first-order valence-corrected chi connectivity index (χ1v) is 6.96. The molecule has 1 aromatic carbocycles. The van der Waals surface area contributed by atoms with Crippen molar-refractivity contribution in [3.63, 3.8) is 0 Å². The van der Waals surface area contributed by atoms with Crippen LogP contribution in [0.15, 0.2) is 18.2 Å². The zero-order chi connectivity index (χ0) is 14.9. The van der Waals surface area contributed by atoms with Gasteiger partial charge in [0.15, 0.2) is 5.78 Å². The van der Waals surface area contributed by atoms with Gasteiger partial charge in [-0.2, -0.15) is 0 Å². The number of ketones is 1. The number of hydrogen-bond acceptors (Lipinski definition) is 3. The van der Waals surface area contributed by atoms with Crippen LogP contribution in [0, 0.1) is 13.8 Å². The number of nitrogens with one attached hydrogen (secondary N) is 1. The fraction of sp³-hybridized carbons (Fsp3) is 0.500. The number of Topliss-reactive ketones (excluding diaryl/α,β-unsaturated/α-hetero) is 1. The van der Waals surface area contributed by atoms with E-state index in [4.69, 9.17) is 0 Å². The van der Waals surface area contributed by atoms with Crippen LogP contribution in [0.2, 0.25) is 0 Å². The highest BCUT2D eigenvalue weighted by atomic mass is 16.2. The van der Waals surface area contributed by atoms with E-state index in [0.717, 1.165) is 11.1 Å². The topological polar surface area (TPSA) is 49.4 Å². The highest BCUT2D eigenvalue weighted by molar-refractivity contribution is 5.98. The van der Waals surface area contributed by atoms with Crippen LogP contribution in [-0.2, 0) is 4.79 Å². The summed E-state index contributed by atoms with van der Waals surface area (Å²) < 4.78 is 0. The van der Waals surface area contributed by atoms with Crippen LogP contribution in [0.4, 0.5) is 0 Å². The average molecular weight is 274 g/mol. The standard InChI is InChI=1S/C16H22N2O2/c1-11-5-6-13(9-12(11)2)14(19)10-18-8-7-17-15(20)16(18,3)4/h5-6,9H,7-8,10H2,1-4H3,(H,17,20). The highest BCUT2D eigenvalue weighted by Gasteiger charge is 2.38. The summed E-state index contributed by atoms with van der Waals surface area (Å²) in [4.78, 5) is 26.2. The molecule has 1 saturated heterocycles. The molecule has 1 fully saturated rings. The van der Waals surface area contributed by atoms with Gasteiger partial charge < -0.3 is 5.32 Å². The number of carbonyl (C=O) groups excluding carboxylic acids is 2. The van der Waals surface area contributed by atoms with Gasteiger partial charge in [0.05, 0.1) is 12.1 Å². The average Bonchev–Trinajstić information content (AvgIpc) is 2.38. The molecule has 20 heavy (non-hydrogen) atoms. The number of aryl methyl sites for hydroxylation is 2. The second kappa shape index (κ2) is 5.37. The van der Waals surface area contributed by atoms with Gasteiger partial charge in [0.1, 0.15) is 0 Å². The van der Waals surface area contributed by atoms with Crippen LogP contribution in [0.3, 0.4) is 0 Å². The van der Waals surface area contributed by atoms with Gasteiger partial charge in [-0.3, -0.25) is 14.5 Å². The van der Waals surface area contributed by atoms with Gasteiger partial charge in [-0.05, 0) is 44.9 Å². The third-order valence-corrected chi connectivity index (χ3v) is 4.18. The second-order valence-corrected chi connectivity index (χ2v) is 5.96. The molecule has 0 aliphatic carbocycles. The molecule has 0 bridgehead atoms. The number of nitrogens with zero attached hydrogens (tertiary/aromatic N) is 1. The Morgan fingerprint density at radius 3 is 2.65 bits per heavy atom. The lowest BCUT2D eigenvalue weighted by Crippen LogP contribution is -2.62. The lowest BCUT2D eigenvalue weighted by atomic mass is 9.97. The Hall–Kier alpha value is -1.68. The van der Waals surface area contributed by atoms with E-state index in [0.29, 0.717) is 13.1 Å². The Kier molecular flexibility index (Phi) is 3.95. The molecule has 1 aromatic rings. The van der Waals surface area contributed by atoms with Gasteiger partial charge in [0.2, 0.25) is 5.91 Å². The molecule has 1 aliphatic heterocycles. The minimum atomic E-state index is -0.631. The zero-order valence-electron chi connectivity index (χ0n) is 12.6. The molecule has 1 aliphatic rings. The van der Waals surface area contributed by atoms with Gasteiger partial charge in [0.25, 0.3) is 0 Å². The Balaban J connectivity index is 2.14. The van der Waals surface area contributed by atoms with E-state index in [1.165, 1.54) is 5.56 Å². The molecular weight excluding hydrogens is 252 g/mol. The van der Waals surface area contributed by atoms with E-state index in [1.807, 2.05) is 50.8 Å². The molecule has 2 rings (SSSR count). The van der Waals surface area contributed by atoms with Crippen molar-refractivity contribution in [2.24, 2.45) is 0 Å². The van der Waals surface area contributed by atoms with Gasteiger partial charge in [-0.25, -0.2) is 0 Å². The lowest BCUT2D eigenvalue weighted by Gasteiger charge is -2.40. The van der Waals surface area contributed by atoms with Crippen molar-refractivity contribution >= 4 is 11.7 Å². The third-order valence-electron chi connectivity index (χ3n) is 4.18. The smallest absolute Gasteiger partial charge is 0.240 e. The first kappa shape index (κ1) is 14.7. The highest BCUT2D eigenvalue weighted by Crippen LogP contribution is 2.19. The molecule has 0 spiro atoms. The maximum atomic E-state index is 12.4. The van der Waals surface area contributed by atoms with Crippen molar-refractivity contribution in [2.45, 2.75) is 33.2 Å². The third kappa shape index (κ3) is 2.75. The van der Waals surface area contributed by atoms with Crippen molar-refractivity contribution < 1.29 is 9.59 Å². The summed E-state index contributed by atoms with van der Waals surface area (Å²) in [5, 5.41) is 2.84. The number of amides is 1. The summed E-state index contributed by atoms with van der Waals surface area (Å²) in [6.45, 7) is 9.33. The Bertz CT molecular complexity index is 549. The van der Waals surface area contributed by atoms with Gasteiger partial charge in [-0.1, -0.05) is 12.1 Å².